The van der Waals surface area contributed by atoms with Gasteiger partial charge in [-0.15, -0.1) is 24.8 Å². The summed E-state index contributed by atoms with van der Waals surface area (Å²) in [7, 11) is 4.13. The topological polar surface area (TPSA) is 58.5 Å². The first-order valence-corrected chi connectivity index (χ1v) is 8.00. The summed E-state index contributed by atoms with van der Waals surface area (Å²) in [5.41, 5.74) is 1.94. The van der Waals surface area contributed by atoms with Crippen molar-refractivity contribution in [2.45, 2.75) is 12.6 Å². The van der Waals surface area contributed by atoms with Gasteiger partial charge in [-0.2, -0.15) is 0 Å². The Hall–Kier alpha value is -1.31. The largest absolute Gasteiger partial charge is 0.366 e. The molecule has 1 unspecified atom stereocenters. The Morgan fingerprint density at radius 1 is 1.36 bits per heavy atom. The standard InChI is InChI=1S/C17H24N4O2.2ClH/c1-20(2)8-9-21-7-5-13-3-4-14(11-15(13)21)19-17(22)16-12-18-6-10-23-16;;/h3-5,7,11,16,18H,6,8-10,12H2,1-2H3,(H,19,22);2*1H. The van der Waals surface area contributed by atoms with E-state index in [0.29, 0.717) is 13.2 Å². The average Bonchev–Trinajstić information content (AvgIpc) is 2.96. The molecule has 1 aromatic carbocycles. The summed E-state index contributed by atoms with van der Waals surface area (Å²) in [5, 5.41) is 7.30. The van der Waals surface area contributed by atoms with E-state index in [4.69, 9.17) is 4.74 Å². The Morgan fingerprint density at radius 3 is 2.84 bits per heavy atom. The van der Waals surface area contributed by atoms with Gasteiger partial charge in [-0.25, -0.2) is 0 Å². The van der Waals surface area contributed by atoms with Crippen LogP contribution in [0.5, 0.6) is 0 Å². The first kappa shape index (κ1) is 21.7. The lowest BCUT2D eigenvalue weighted by Crippen LogP contribution is -2.45. The van der Waals surface area contributed by atoms with E-state index in [1.54, 1.807) is 0 Å². The third-order valence-electron chi connectivity index (χ3n) is 4.05. The zero-order chi connectivity index (χ0) is 16.2. The van der Waals surface area contributed by atoms with Gasteiger partial charge >= 0.3 is 0 Å². The van der Waals surface area contributed by atoms with Gasteiger partial charge in [0.1, 0.15) is 6.10 Å². The molecule has 1 amide bonds. The molecule has 1 saturated heterocycles. The minimum absolute atomic E-state index is 0. The maximum Gasteiger partial charge on any atom is 0.254 e. The van der Waals surface area contributed by atoms with Gasteiger partial charge in [-0.1, -0.05) is 6.07 Å². The number of rotatable bonds is 5. The summed E-state index contributed by atoms with van der Waals surface area (Å²) in [4.78, 5) is 14.4. The first-order valence-electron chi connectivity index (χ1n) is 8.00. The monoisotopic (exact) mass is 388 g/mol. The van der Waals surface area contributed by atoms with Gasteiger partial charge in [0.15, 0.2) is 0 Å². The zero-order valence-electron chi connectivity index (χ0n) is 14.5. The molecule has 25 heavy (non-hydrogen) atoms. The highest BCUT2D eigenvalue weighted by Crippen LogP contribution is 2.21. The van der Waals surface area contributed by atoms with Crippen LogP contribution in [0.15, 0.2) is 30.5 Å². The summed E-state index contributed by atoms with van der Waals surface area (Å²) in [6.45, 7) is 3.83. The van der Waals surface area contributed by atoms with Gasteiger partial charge in [-0.3, -0.25) is 4.79 Å². The van der Waals surface area contributed by atoms with Gasteiger partial charge in [0.25, 0.3) is 5.91 Å². The third-order valence-corrected chi connectivity index (χ3v) is 4.05. The smallest absolute Gasteiger partial charge is 0.254 e. The fraction of sp³-hybridized carbons (Fsp3) is 0.471. The number of ether oxygens (including phenoxy) is 1. The van der Waals surface area contributed by atoms with Crippen LogP contribution < -0.4 is 10.6 Å². The Labute approximate surface area is 160 Å². The van der Waals surface area contributed by atoms with E-state index in [-0.39, 0.29) is 30.7 Å². The predicted molar refractivity (Wildman–Crippen MR) is 106 cm³/mol. The summed E-state index contributed by atoms with van der Waals surface area (Å²) in [6.07, 6.45) is 1.67. The summed E-state index contributed by atoms with van der Waals surface area (Å²) in [5.74, 6) is -0.0945. The Balaban J connectivity index is 0.00000156. The molecule has 1 aliphatic heterocycles. The van der Waals surface area contributed by atoms with Crippen molar-refractivity contribution in [1.82, 2.24) is 14.8 Å². The number of hydrogen-bond donors (Lipinski definition) is 2. The SMILES string of the molecule is CN(C)CCn1ccc2ccc(NC(=O)C3CNCCO3)cc21.Cl.Cl. The predicted octanol–water partition coefficient (Wildman–Crippen LogP) is 1.97. The van der Waals surface area contributed by atoms with E-state index < -0.39 is 6.10 Å². The van der Waals surface area contributed by atoms with E-state index >= 15 is 0 Å². The molecule has 8 heteroatoms. The number of fused-ring (bicyclic) bond motifs is 1. The Bertz CT molecular complexity index is 684. The molecule has 3 rings (SSSR count). The number of nitrogens with one attached hydrogen (secondary N) is 2. The van der Waals surface area contributed by atoms with Crippen LogP contribution in [0.1, 0.15) is 0 Å². The molecule has 0 aliphatic carbocycles. The van der Waals surface area contributed by atoms with Crippen LogP contribution in [-0.4, -0.2) is 61.8 Å². The molecule has 0 saturated carbocycles. The second-order valence-electron chi connectivity index (χ2n) is 6.14. The molecule has 6 nitrogen and oxygen atoms in total. The zero-order valence-corrected chi connectivity index (χ0v) is 16.2. The number of anilines is 1. The van der Waals surface area contributed by atoms with E-state index in [9.17, 15) is 4.79 Å². The Kier molecular flexibility index (Phi) is 8.68. The highest BCUT2D eigenvalue weighted by Gasteiger charge is 2.21. The van der Waals surface area contributed by atoms with E-state index in [2.05, 4.69) is 46.5 Å². The lowest BCUT2D eigenvalue weighted by atomic mass is 10.2. The highest BCUT2D eigenvalue weighted by atomic mass is 35.5. The molecule has 2 heterocycles. The van der Waals surface area contributed by atoms with Gasteiger partial charge in [-0.05, 0) is 37.7 Å². The van der Waals surface area contributed by atoms with Gasteiger partial charge in [0.05, 0.1) is 12.1 Å². The second kappa shape index (κ2) is 9.99. The van der Waals surface area contributed by atoms with Crippen molar-refractivity contribution in [3.63, 3.8) is 0 Å². The number of amides is 1. The van der Waals surface area contributed by atoms with Crippen LogP contribution in [-0.2, 0) is 16.1 Å². The highest BCUT2D eigenvalue weighted by molar-refractivity contribution is 5.96. The summed E-state index contributed by atoms with van der Waals surface area (Å²) >= 11 is 0. The van der Waals surface area contributed by atoms with Crippen molar-refractivity contribution < 1.29 is 9.53 Å². The number of benzene rings is 1. The molecule has 1 atom stereocenters. The van der Waals surface area contributed by atoms with E-state index in [0.717, 1.165) is 30.8 Å². The molecule has 1 fully saturated rings. The lowest BCUT2D eigenvalue weighted by Gasteiger charge is -2.22. The number of morpholine rings is 1. The number of hydrogen-bond acceptors (Lipinski definition) is 4. The number of nitrogens with zero attached hydrogens (tertiary/aromatic N) is 2. The van der Waals surface area contributed by atoms with Crippen LogP contribution >= 0.6 is 24.8 Å². The van der Waals surface area contributed by atoms with E-state index in [1.807, 2.05) is 18.2 Å². The van der Waals surface area contributed by atoms with Crippen molar-refractivity contribution in [3.8, 4) is 0 Å². The van der Waals surface area contributed by atoms with Gasteiger partial charge in [0.2, 0.25) is 0 Å². The number of carbonyl (C=O) groups excluding carboxylic acids is 1. The lowest BCUT2D eigenvalue weighted by molar-refractivity contribution is -0.128. The number of carbonyl (C=O) groups is 1. The average molecular weight is 389 g/mol. The quantitative estimate of drug-likeness (QED) is 0.821. The fourth-order valence-electron chi connectivity index (χ4n) is 2.72. The van der Waals surface area contributed by atoms with Crippen LogP contribution in [0.4, 0.5) is 5.69 Å². The molecule has 0 bridgehead atoms. The van der Waals surface area contributed by atoms with E-state index in [1.165, 1.54) is 5.39 Å². The van der Waals surface area contributed by atoms with Crippen LogP contribution in [0, 0.1) is 0 Å². The van der Waals surface area contributed by atoms with Crippen LogP contribution in [0.2, 0.25) is 0 Å². The number of halogens is 2. The van der Waals surface area contributed by atoms with Gasteiger partial charge in [0, 0.05) is 38.1 Å². The first-order chi connectivity index (χ1) is 11.1. The maximum atomic E-state index is 12.3. The van der Waals surface area contributed by atoms with Gasteiger partial charge < -0.3 is 24.8 Å². The molecule has 2 aromatic rings. The van der Waals surface area contributed by atoms with Crippen molar-refractivity contribution in [1.29, 1.82) is 0 Å². The van der Waals surface area contributed by atoms with Crippen molar-refractivity contribution in [3.05, 3.63) is 30.5 Å². The third kappa shape index (κ3) is 5.59. The molecule has 140 valence electrons. The minimum atomic E-state index is -0.417. The normalized spacial score (nSPS) is 17.0. The van der Waals surface area contributed by atoms with Crippen molar-refractivity contribution in [2.75, 3.05) is 45.7 Å². The minimum Gasteiger partial charge on any atom is -0.366 e. The molecule has 1 aromatic heterocycles. The number of aromatic nitrogens is 1. The van der Waals surface area contributed by atoms with Crippen molar-refractivity contribution in [2.24, 2.45) is 0 Å². The Morgan fingerprint density at radius 2 is 2.16 bits per heavy atom. The molecular weight excluding hydrogens is 363 g/mol. The molecule has 2 N–H and O–H groups in total. The fourth-order valence-corrected chi connectivity index (χ4v) is 2.72. The molecule has 1 aliphatic rings. The molecule has 0 radical (unpaired) electrons. The molecule has 0 spiro atoms. The van der Waals surface area contributed by atoms with Crippen molar-refractivity contribution >= 4 is 47.3 Å². The summed E-state index contributed by atoms with van der Waals surface area (Å²) < 4.78 is 7.70. The number of likely N-dealkylation sites (N-methyl/N-ethyl adjacent to an activating group) is 1. The van der Waals surface area contributed by atoms with Crippen LogP contribution in [0.3, 0.4) is 0 Å². The second-order valence-corrected chi connectivity index (χ2v) is 6.14. The molecular formula is C17H26Cl2N4O2. The maximum absolute atomic E-state index is 12.3. The summed E-state index contributed by atoms with van der Waals surface area (Å²) in [6, 6.07) is 8.10. The van der Waals surface area contributed by atoms with Crippen LogP contribution in [0.25, 0.3) is 10.9 Å².